The van der Waals surface area contributed by atoms with Gasteiger partial charge in [-0.3, -0.25) is 4.79 Å². The summed E-state index contributed by atoms with van der Waals surface area (Å²) in [6.07, 6.45) is 0.133. The van der Waals surface area contributed by atoms with Crippen molar-refractivity contribution >= 4 is 34.3 Å². The number of rotatable bonds is 2. The summed E-state index contributed by atoms with van der Waals surface area (Å²) in [6, 6.07) is 10.5. The molecule has 1 N–H and O–H groups in total. The molecule has 0 spiro atoms. The fraction of sp³-hybridized carbons (Fsp3) is 0.200. The second-order valence-electron chi connectivity index (χ2n) is 6.61. The topological polar surface area (TPSA) is 76.7 Å². The van der Waals surface area contributed by atoms with Gasteiger partial charge in [-0.25, -0.2) is 4.79 Å². The zero-order valence-electron chi connectivity index (χ0n) is 14.1. The Kier molecular flexibility index (Phi) is 3.59. The molecule has 1 aromatic heterocycles. The third kappa shape index (κ3) is 2.39. The average Bonchev–Trinajstić information content (AvgIpc) is 2.92. The molecule has 6 heteroatoms. The van der Waals surface area contributed by atoms with E-state index in [1.54, 1.807) is 31.2 Å². The third-order valence-electron chi connectivity index (χ3n) is 4.82. The van der Waals surface area contributed by atoms with E-state index in [0.29, 0.717) is 32.9 Å². The maximum Gasteiger partial charge on any atom is 0.372 e. The average molecular weight is 371 g/mol. The monoisotopic (exact) mass is 370 g/mol. The number of carbonyl (C=O) groups is 2. The van der Waals surface area contributed by atoms with Crippen molar-refractivity contribution in [2.75, 3.05) is 0 Å². The summed E-state index contributed by atoms with van der Waals surface area (Å²) in [6.45, 7) is 3.49. The number of Topliss-reactive ketones (excluding diaryl/α,β-unsaturated/α-hetero) is 1. The Hall–Kier alpha value is -2.79. The van der Waals surface area contributed by atoms with Crippen LogP contribution in [0.3, 0.4) is 0 Å². The number of halogens is 1. The van der Waals surface area contributed by atoms with Crippen molar-refractivity contribution in [1.82, 2.24) is 0 Å². The van der Waals surface area contributed by atoms with Crippen LogP contribution in [-0.2, 0) is 5.60 Å². The highest BCUT2D eigenvalue weighted by Gasteiger charge is 2.40. The summed E-state index contributed by atoms with van der Waals surface area (Å²) in [4.78, 5) is 24.3. The van der Waals surface area contributed by atoms with Gasteiger partial charge in [0.1, 0.15) is 16.9 Å². The molecule has 0 saturated carbocycles. The van der Waals surface area contributed by atoms with Crippen LogP contribution in [0.15, 0.2) is 40.8 Å². The molecule has 0 fully saturated rings. The van der Waals surface area contributed by atoms with Gasteiger partial charge in [-0.2, -0.15) is 0 Å². The number of ketones is 1. The summed E-state index contributed by atoms with van der Waals surface area (Å²) in [7, 11) is 0. The normalized spacial score (nSPS) is 19.3. The summed E-state index contributed by atoms with van der Waals surface area (Å²) in [5, 5.41) is 10.4. The molecule has 0 radical (unpaired) electrons. The lowest BCUT2D eigenvalue weighted by Gasteiger charge is -2.35. The van der Waals surface area contributed by atoms with Crippen molar-refractivity contribution < 1.29 is 23.8 Å². The quantitative estimate of drug-likeness (QED) is 0.688. The van der Waals surface area contributed by atoms with Gasteiger partial charge in [-0.15, -0.1) is 0 Å². The van der Waals surface area contributed by atoms with E-state index in [1.165, 1.54) is 0 Å². The van der Waals surface area contributed by atoms with Gasteiger partial charge >= 0.3 is 5.97 Å². The number of hydrogen-bond donors (Lipinski definition) is 1. The van der Waals surface area contributed by atoms with Gasteiger partial charge in [0.2, 0.25) is 5.76 Å². The fourth-order valence-corrected chi connectivity index (χ4v) is 3.65. The molecule has 0 unspecified atom stereocenters. The molecule has 0 aliphatic carbocycles. The smallest absolute Gasteiger partial charge is 0.372 e. The van der Waals surface area contributed by atoms with Gasteiger partial charge in [-0.05, 0) is 43.7 Å². The molecule has 26 heavy (non-hydrogen) atoms. The lowest BCUT2D eigenvalue weighted by atomic mass is 9.84. The van der Waals surface area contributed by atoms with Crippen LogP contribution in [0.2, 0.25) is 5.02 Å². The number of ether oxygens (including phenoxy) is 1. The molecule has 0 bridgehead atoms. The Balaban J connectivity index is 1.88. The standard InChI is InChI=1S/C20H15ClO5/c1-10-16-14(25-18(10)19(23)24)7-8-15-17(16)13(22)9-20(2,26-15)11-3-5-12(21)6-4-11/h3-8H,9H2,1-2H3,(H,23,24)/t20-/m0/s1. The molecule has 1 aliphatic heterocycles. The predicted molar refractivity (Wildman–Crippen MR) is 96.3 cm³/mol. The summed E-state index contributed by atoms with van der Waals surface area (Å²) >= 11 is 5.95. The molecule has 5 nitrogen and oxygen atoms in total. The first-order valence-electron chi connectivity index (χ1n) is 8.08. The minimum atomic E-state index is -1.16. The van der Waals surface area contributed by atoms with E-state index >= 15 is 0 Å². The molecular formula is C20H15ClO5. The van der Waals surface area contributed by atoms with E-state index in [9.17, 15) is 14.7 Å². The van der Waals surface area contributed by atoms with Crippen LogP contribution in [0.5, 0.6) is 5.75 Å². The van der Waals surface area contributed by atoms with Crippen molar-refractivity contribution in [3.8, 4) is 5.75 Å². The van der Waals surface area contributed by atoms with Crippen molar-refractivity contribution in [2.45, 2.75) is 25.9 Å². The van der Waals surface area contributed by atoms with Crippen LogP contribution >= 0.6 is 11.6 Å². The van der Waals surface area contributed by atoms with E-state index < -0.39 is 11.6 Å². The first-order chi connectivity index (χ1) is 12.3. The van der Waals surface area contributed by atoms with E-state index in [1.807, 2.05) is 19.1 Å². The van der Waals surface area contributed by atoms with Crippen molar-refractivity contribution in [2.24, 2.45) is 0 Å². The molecule has 1 atom stereocenters. The number of carboxylic acids is 1. The Morgan fingerprint density at radius 2 is 1.88 bits per heavy atom. The molecule has 4 rings (SSSR count). The number of hydrogen-bond acceptors (Lipinski definition) is 4. The zero-order chi connectivity index (χ0) is 18.6. The summed E-state index contributed by atoms with van der Waals surface area (Å²) < 4.78 is 11.6. The molecule has 1 aliphatic rings. The summed E-state index contributed by atoms with van der Waals surface area (Å²) in [5.74, 6) is -1.02. The lowest BCUT2D eigenvalue weighted by Crippen LogP contribution is -2.36. The Morgan fingerprint density at radius 1 is 1.19 bits per heavy atom. The first kappa shape index (κ1) is 16.7. The highest BCUT2D eigenvalue weighted by atomic mass is 35.5. The largest absolute Gasteiger partial charge is 0.482 e. The van der Waals surface area contributed by atoms with E-state index in [-0.39, 0.29) is 18.0 Å². The fourth-order valence-electron chi connectivity index (χ4n) is 3.52. The third-order valence-corrected chi connectivity index (χ3v) is 5.07. The van der Waals surface area contributed by atoms with Gasteiger partial charge in [0.05, 0.1) is 12.0 Å². The molecule has 0 amide bonds. The number of aromatic carboxylic acids is 1. The molecule has 3 aromatic rings. The molecule has 2 aromatic carbocycles. The number of furan rings is 1. The Bertz CT molecular complexity index is 1060. The lowest BCUT2D eigenvalue weighted by molar-refractivity contribution is 0.0507. The molecule has 132 valence electrons. The SMILES string of the molecule is Cc1c(C(=O)O)oc2ccc3c(c12)C(=O)C[C@@](C)(c1ccc(Cl)cc1)O3. The number of carboxylic acid groups (broad SMARTS) is 1. The Labute approximate surface area is 154 Å². The van der Waals surface area contributed by atoms with Crippen molar-refractivity contribution in [1.29, 1.82) is 0 Å². The van der Waals surface area contributed by atoms with Gasteiger partial charge in [0.15, 0.2) is 5.78 Å². The maximum absolute atomic E-state index is 13.0. The highest BCUT2D eigenvalue weighted by molar-refractivity contribution is 6.30. The van der Waals surface area contributed by atoms with Crippen LogP contribution in [0.25, 0.3) is 11.0 Å². The highest BCUT2D eigenvalue weighted by Crippen LogP contribution is 2.44. The van der Waals surface area contributed by atoms with Crippen LogP contribution < -0.4 is 4.74 Å². The number of aryl methyl sites for hydroxylation is 1. The van der Waals surface area contributed by atoms with E-state index in [4.69, 9.17) is 20.8 Å². The number of carbonyl (C=O) groups excluding carboxylic acids is 1. The van der Waals surface area contributed by atoms with Gasteiger partial charge in [0.25, 0.3) is 0 Å². The van der Waals surface area contributed by atoms with Crippen LogP contribution in [0.4, 0.5) is 0 Å². The van der Waals surface area contributed by atoms with Crippen molar-refractivity contribution in [3.05, 3.63) is 63.9 Å². The molecule has 0 saturated heterocycles. The van der Waals surface area contributed by atoms with E-state index in [2.05, 4.69) is 0 Å². The maximum atomic E-state index is 13.0. The molecular weight excluding hydrogens is 356 g/mol. The van der Waals surface area contributed by atoms with Crippen LogP contribution in [0.1, 0.15) is 45.4 Å². The zero-order valence-corrected chi connectivity index (χ0v) is 14.9. The number of fused-ring (bicyclic) bond motifs is 3. The minimum absolute atomic E-state index is 0.116. The minimum Gasteiger partial charge on any atom is -0.482 e. The van der Waals surface area contributed by atoms with Crippen LogP contribution in [-0.4, -0.2) is 16.9 Å². The van der Waals surface area contributed by atoms with Crippen LogP contribution in [0, 0.1) is 6.92 Å². The second-order valence-corrected chi connectivity index (χ2v) is 7.05. The van der Waals surface area contributed by atoms with Crippen molar-refractivity contribution in [3.63, 3.8) is 0 Å². The predicted octanol–water partition coefficient (Wildman–Crippen LogP) is 4.97. The molecule has 2 heterocycles. The van der Waals surface area contributed by atoms with E-state index in [0.717, 1.165) is 5.56 Å². The Morgan fingerprint density at radius 3 is 2.54 bits per heavy atom. The number of benzene rings is 2. The van der Waals surface area contributed by atoms with Gasteiger partial charge in [-0.1, -0.05) is 23.7 Å². The van der Waals surface area contributed by atoms with Gasteiger partial charge < -0.3 is 14.3 Å². The first-order valence-corrected chi connectivity index (χ1v) is 8.45. The van der Waals surface area contributed by atoms with Gasteiger partial charge in [0, 0.05) is 16.0 Å². The second kappa shape index (κ2) is 5.61. The summed E-state index contributed by atoms with van der Waals surface area (Å²) in [5.41, 5.74) is 1.19.